The Labute approximate surface area is 125 Å². The van der Waals surface area contributed by atoms with Gasteiger partial charge in [0.25, 0.3) is 0 Å². The second kappa shape index (κ2) is 5.90. The van der Waals surface area contributed by atoms with Crippen molar-refractivity contribution in [2.24, 2.45) is 0 Å². The van der Waals surface area contributed by atoms with Crippen LogP contribution in [-0.2, 0) is 18.4 Å². The van der Waals surface area contributed by atoms with Gasteiger partial charge in [-0.1, -0.05) is 19.1 Å². The third-order valence-electron chi connectivity index (χ3n) is 4.62. The van der Waals surface area contributed by atoms with Crippen LogP contribution < -0.4 is 5.32 Å². The summed E-state index contributed by atoms with van der Waals surface area (Å²) in [6.07, 6.45) is 7.26. The van der Waals surface area contributed by atoms with Gasteiger partial charge in [0.05, 0.1) is 6.33 Å². The molecule has 0 unspecified atom stereocenters. The zero-order valence-electron chi connectivity index (χ0n) is 12.5. The van der Waals surface area contributed by atoms with Crippen molar-refractivity contribution in [3.8, 4) is 5.75 Å². The molecule has 2 N–H and O–H groups in total. The lowest BCUT2D eigenvalue weighted by Crippen LogP contribution is -2.39. The summed E-state index contributed by atoms with van der Waals surface area (Å²) in [6.45, 7) is 5.45. The third kappa shape index (κ3) is 3.10. The second-order valence-corrected chi connectivity index (χ2v) is 6.20. The average Bonchev–Trinajstić information content (AvgIpc) is 2.97. The molecule has 1 aliphatic rings. The molecule has 1 aromatic heterocycles. The molecule has 1 saturated heterocycles. The second-order valence-electron chi connectivity index (χ2n) is 6.20. The number of piperidine rings is 1. The minimum atomic E-state index is 0.233. The standard InChI is InChI=1S/C17H23N3O/c1-17(7-9-18-10-8-17)16-12-19-13-20(16)11-6-14-2-4-15(21)5-3-14/h2-5,12-13,18,21H,6-11H2,1H3. The number of phenolic OH excluding ortho intramolecular Hbond substituents is 1. The predicted octanol–water partition coefficient (Wildman–Crippen LogP) is 2.47. The highest BCUT2D eigenvalue weighted by atomic mass is 16.3. The van der Waals surface area contributed by atoms with Crippen LogP contribution in [0.3, 0.4) is 0 Å². The maximum Gasteiger partial charge on any atom is 0.115 e. The number of rotatable bonds is 4. The quantitative estimate of drug-likeness (QED) is 0.907. The lowest BCUT2D eigenvalue weighted by atomic mass is 9.78. The van der Waals surface area contributed by atoms with E-state index >= 15 is 0 Å². The highest BCUT2D eigenvalue weighted by Gasteiger charge is 2.31. The Hall–Kier alpha value is -1.81. The number of nitrogens with one attached hydrogen (secondary N) is 1. The van der Waals surface area contributed by atoms with Gasteiger partial charge in [0.1, 0.15) is 5.75 Å². The summed E-state index contributed by atoms with van der Waals surface area (Å²) in [5.74, 6) is 0.323. The van der Waals surface area contributed by atoms with Crippen LogP contribution in [0.2, 0.25) is 0 Å². The minimum Gasteiger partial charge on any atom is -0.508 e. The summed E-state index contributed by atoms with van der Waals surface area (Å²) in [5, 5.41) is 12.8. The molecule has 0 amide bonds. The zero-order chi connectivity index (χ0) is 14.7. The summed E-state index contributed by atoms with van der Waals surface area (Å²) >= 11 is 0. The molecule has 21 heavy (non-hydrogen) atoms. The van der Waals surface area contributed by atoms with Crippen LogP contribution in [0.25, 0.3) is 0 Å². The van der Waals surface area contributed by atoms with E-state index in [9.17, 15) is 5.11 Å². The molecule has 0 radical (unpaired) electrons. The molecule has 0 bridgehead atoms. The van der Waals surface area contributed by atoms with Crippen LogP contribution in [0.15, 0.2) is 36.8 Å². The highest BCUT2D eigenvalue weighted by molar-refractivity contribution is 5.26. The largest absolute Gasteiger partial charge is 0.508 e. The summed E-state index contributed by atoms with van der Waals surface area (Å²) in [4.78, 5) is 4.37. The van der Waals surface area contributed by atoms with Crippen LogP contribution in [0.5, 0.6) is 5.75 Å². The van der Waals surface area contributed by atoms with E-state index in [1.807, 2.05) is 24.7 Å². The summed E-state index contributed by atoms with van der Waals surface area (Å²) in [5.41, 5.74) is 2.82. The van der Waals surface area contributed by atoms with E-state index in [1.54, 1.807) is 12.1 Å². The van der Waals surface area contributed by atoms with Gasteiger partial charge in [-0.3, -0.25) is 0 Å². The number of nitrogens with zero attached hydrogens (tertiary/aromatic N) is 2. The molecule has 2 aromatic rings. The van der Waals surface area contributed by atoms with E-state index in [0.29, 0.717) is 5.75 Å². The SMILES string of the molecule is CC1(c2cncn2CCc2ccc(O)cc2)CCNCC1. The number of aryl methyl sites for hydroxylation is 2. The molecule has 1 aliphatic heterocycles. The van der Waals surface area contributed by atoms with Gasteiger partial charge in [0.2, 0.25) is 0 Å². The van der Waals surface area contributed by atoms with E-state index < -0.39 is 0 Å². The van der Waals surface area contributed by atoms with Gasteiger partial charge in [0, 0.05) is 23.9 Å². The first-order chi connectivity index (χ1) is 10.2. The van der Waals surface area contributed by atoms with Crippen molar-refractivity contribution in [1.29, 1.82) is 0 Å². The Morgan fingerprint density at radius 3 is 2.67 bits per heavy atom. The fourth-order valence-electron chi connectivity index (χ4n) is 3.15. The third-order valence-corrected chi connectivity index (χ3v) is 4.62. The molecule has 0 atom stereocenters. The molecule has 4 heteroatoms. The number of hydrogen-bond acceptors (Lipinski definition) is 3. The van der Waals surface area contributed by atoms with E-state index in [0.717, 1.165) is 38.9 Å². The fraction of sp³-hybridized carbons (Fsp3) is 0.471. The fourth-order valence-corrected chi connectivity index (χ4v) is 3.15. The molecule has 1 fully saturated rings. The molecule has 112 valence electrons. The van der Waals surface area contributed by atoms with E-state index in [4.69, 9.17) is 0 Å². The normalized spacial score (nSPS) is 17.8. The molecule has 3 rings (SSSR count). The maximum absolute atomic E-state index is 9.34. The molecule has 1 aromatic carbocycles. The van der Waals surface area contributed by atoms with Crippen molar-refractivity contribution in [2.45, 2.75) is 38.1 Å². The van der Waals surface area contributed by atoms with Crippen molar-refractivity contribution in [1.82, 2.24) is 14.9 Å². The molecule has 4 nitrogen and oxygen atoms in total. The lowest BCUT2D eigenvalue weighted by molar-refractivity contribution is 0.316. The van der Waals surface area contributed by atoms with Crippen molar-refractivity contribution >= 4 is 0 Å². The Morgan fingerprint density at radius 1 is 1.24 bits per heavy atom. The average molecular weight is 285 g/mol. The van der Waals surface area contributed by atoms with Crippen molar-refractivity contribution in [2.75, 3.05) is 13.1 Å². The number of aromatic hydroxyl groups is 1. The molecule has 0 saturated carbocycles. The van der Waals surface area contributed by atoms with Gasteiger partial charge in [0.15, 0.2) is 0 Å². The Bertz CT molecular complexity index is 582. The summed E-state index contributed by atoms with van der Waals surface area (Å²) in [7, 11) is 0. The summed E-state index contributed by atoms with van der Waals surface area (Å²) in [6, 6.07) is 7.47. The van der Waals surface area contributed by atoms with Crippen molar-refractivity contribution < 1.29 is 5.11 Å². The molecule has 0 spiro atoms. The van der Waals surface area contributed by atoms with Crippen LogP contribution in [-0.4, -0.2) is 27.7 Å². The lowest BCUT2D eigenvalue weighted by Gasteiger charge is -2.34. The first kappa shape index (κ1) is 14.1. The van der Waals surface area contributed by atoms with Crippen molar-refractivity contribution in [3.63, 3.8) is 0 Å². The molecular weight excluding hydrogens is 262 g/mol. The molecular formula is C17H23N3O. The van der Waals surface area contributed by atoms with Crippen LogP contribution in [0, 0.1) is 0 Å². The number of benzene rings is 1. The van der Waals surface area contributed by atoms with Crippen molar-refractivity contribution in [3.05, 3.63) is 48.0 Å². The van der Waals surface area contributed by atoms with Gasteiger partial charge >= 0.3 is 0 Å². The zero-order valence-corrected chi connectivity index (χ0v) is 12.5. The summed E-state index contributed by atoms with van der Waals surface area (Å²) < 4.78 is 2.29. The van der Waals surface area contributed by atoms with Gasteiger partial charge in [-0.2, -0.15) is 0 Å². The Kier molecular flexibility index (Phi) is 3.97. The van der Waals surface area contributed by atoms with Crippen LogP contribution in [0.1, 0.15) is 31.0 Å². The van der Waals surface area contributed by atoms with Gasteiger partial charge in [-0.15, -0.1) is 0 Å². The van der Waals surface area contributed by atoms with Gasteiger partial charge in [-0.05, 0) is 50.0 Å². The first-order valence-electron chi connectivity index (χ1n) is 7.67. The molecule has 0 aliphatic carbocycles. The number of aromatic nitrogens is 2. The Morgan fingerprint density at radius 2 is 1.95 bits per heavy atom. The smallest absolute Gasteiger partial charge is 0.115 e. The Balaban J connectivity index is 1.72. The van der Waals surface area contributed by atoms with Crippen LogP contribution >= 0.6 is 0 Å². The topological polar surface area (TPSA) is 50.1 Å². The van der Waals surface area contributed by atoms with Crippen LogP contribution in [0.4, 0.5) is 0 Å². The van der Waals surface area contributed by atoms with Gasteiger partial charge < -0.3 is 15.0 Å². The van der Waals surface area contributed by atoms with E-state index in [2.05, 4.69) is 21.8 Å². The first-order valence-corrected chi connectivity index (χ1v) is 7.67. The maximum atomic E-state index is 9.34. The minimum absolute atomic E-state index is 0.233. The number of hydrogen-bond donors (Lipinski definition) is 2. The van der Waals surface area contributed by atoms with E-state index in [1.165, 1.54) is 11.3 Å². The monoisotopic (exact) mass is 285 g/mol. The van der Waals surface area contributed by atoms with E-state index in [-0.39, 0.29) is 5.41 Å². The number of phenols is 1. The highest BCUT2D eigenvalue weighted by Crippen LogP contribution is 2.32. The number of imidazole rings is 1. The van der Waals surface area contributed by atoms with Gasteiger partial charge in [-0.25, -0.2) is 4.98 Å². The predicted molar refractivity (Wildman–Crippen MR) is 83.5 cm³/mol. The molecule has 2 heterocycles.